The predicted molar refractivity (Wildman–Crippen MR) is 292 cm³/mol. The van der Waals surface area contributed by atoms with Crippen LogP contribution in [0.5, 0.6) is 0 Å². The lowest BCUT2D eigenvalue weighted by Gasteiger charge is -2.35. The smallest absolute Gasteiger partial charge is 0.143 e. The summed E-state index contributed by atoms with van der Waals surface area (Å²) in [6.07, 6.45) is 0. The van der Waals surface area contributed by atoms with E-state index in [4.69, 9.17) is 4.42 Å². The Balaban J connectivity index is 1.08. The van der Waals surface area contributed by atoms with Gasteiger partial charge in [0.2, 0.25) is 0 Å². The van der Waals surface area contributed by atoms with Gasteiger partial charge in [-0.1, -0.05) is 220 Å². The molecule has 0 bridgehead atoms. The molecule has 12 aromatic rings. The molecule has 2 heteroatoms. The van der Waals surface area contributed by atoms with E-state index < -0.39 is 5.41 Å². The van der Waals surface area contributed by atoms with E-state index in [0.717, 1.165) is 60.9 Å². The molecule has 0 aliphatic heterocycles. The molecule has 2 aliphatic rings. The number of anilines is 3. The molecule has 70 heavy (non-hydrogen) atoms. The Labute approximate surface area is 408 Å². The fourth-order valence-corrected chi connectivity index (χ4v) is 12.4. The Kier molecular flexibility index (Phi) is 8.88. The summed E-state index contributed by atoms with van der Waals surface area (Å²) >= 11 is 0. The average Bonchev–Trinajstić information content (AvgIpc) is 4.02. The van der Waals surface area contributed by atoms with Gasteiger partial charge in [-0.3, -0.25) is 0 Å². The summed E-state index contributed by atoms with van der Waals surface area (Å²) in [5, 5.41) is 4.35. The molecule has 0 radical (unpaired) electrons. The highest BCUT2D eigenvalue weighted by molar-refractivity contribution is 6.21. The van der Waals surface area contributed by atoms with Crippen molar-refractivity contribution in [1.29, 1.82) is 0 Å². The van der Waals surface area contributed by atoms with E-state index in [-0.39, 0.29) is 5.41 Å². The average molecular weight is 894 g/mol. The summed E-state index contributed by atoms with van der Waals surface area (Å²) in [6, 6.07) is 91.8. The number of hydrogen-bond acceptors (Lipinski definition) is 2. The van der Waals surface area contributed by atoms with Crippen molar-refractivity contribution >= 4 is 49.8 Å². The highest BCUT2D eigenvalue weighted by atomic mass is 16.3. The van der Waals surface area contributed by atoms with Crippen LogP contribution in [0.15, 0.2) is 253 Å². The van der Waals surface area contributed by atoms with Crippen molar-refractivity contribution in [2.45, 2.75) is 24.7 Å². The molecule has 1 aromatic heterocycles. The Morgan fingerprint density at radius 2 is 0.800 bits per heavy atom. The second kappa shape index (κ2) is 15.4. The highest BCUT2D eigenvalue weighted by Crippen LogP contribution is 2.58. The largest absolute Gasteiger partial charge is 0.455 e. The van der Waals surface area contributed by atoms with Gasteiger partial charge in [0.05, 0.1) is 11.1 Å². The van der Waals surface area contributed by atoms with E-state index >= 15 is 0 Å². The van der Waals surface area contributed by atoms with E-state index in [2.05, 4.69) is 267 Å². The quantitative estimate of drug-likeness (QED) is 0.158. The third-order valence-corrected chi connectivity index (χ3v) is 15.5. The predicted octanol–water partition coefficient (Wildman–Crippen LogP) is 18.2. The molecule has 0 fully saturated rings. The van der Waals surface area contributed by atoms with Crippen LogP contribution in [0.1, 0.15) is 47.2 Å². The van der Waals surface area contributed by atoms with Gasteiger partial charge in [-0.2, -0.15) is 0 Å². The van der Waals surface area contributed by atoms with Gasteiger partial charge in [-0.25, -0.2) is 0 Å². The topological polar surface area (TPSA) is 16.4 Å². The molecular weight excluding hydrogens is 847 g/mol. The molecular formula is C68H47NO. The summed E-state index contributed by atoms with van der Waals surface area (Å²) < 4.78 is 7.09. The molecule has 0 unspecified atom stereocenters. The number of benzene rings is 11. The van der Waals surface area contributed by atoms with Crippen LogP contribution in [0, 0.1) is 0 Å². The number of nitrogens with zero attached hydrogens (tertiary/aromatic N) is 1. The fourth-order valence-electron chi connectivity index (χ4n) is 12.4. The maximum absolute atomic E-state index is 7.09. The first-order chi connectivity index (χ1) is 34.5. The maximum atomic E-state index is 7.09. The van der Waals surface area contributed by atoms with E-state index in [1.165, 1.54) is 66.8 Å². The number of hydrogen-bond donors (Lipinski definition) is 0. The summed E-state index contributed by atoms with van der Waals surface area (Å²) in [5.74, 6) is 0. The minimum absolute atomic E-state index is 0.194. The van der Waals surface area contributed by atoms with Crippen molar-refractivity contribution in [2.24, 2.45) is 0 Å². The molecule has 1 heterocycles. The van der Waals surface area contributed by atoms with E-state index in [0.29, 0.717) is 0 Å². The minimum atomic E-state index is -0.561. The summed E-state index contributed by atoms with van der Waals surface area (Å²) in [4.78, 5) is 2.53. The van der Waals surface area contributed by atoms with Crippen LogP contribution in [0.4, 0.5) is 17.1 Å². The molecule has 0 saturated heterocycles. The van der Waals surface area contributed by atoms with E-state index in [9.17, 15) is 0 Å². The van der Waals surface area contributed by atoms with Gasteiger partial charge in [0.25, 0.3) is 0 Å². The zero-order chi connectivity index (χ0) is 46.6. The summed E-state index contributed by atoms with van der Waals surface area (Å²) in [7, 11) is 0. The Bertz CT molecular complexity index is 3980. The summed E-state index contributed by atoms with van der Waals surface area (Å²) in [6.45, 7) is 4.75. The molecule has 2 nitrogen and oxygen atoms in total. The first-order valence-corrected chi connectivity index (χ1v) is 24.4. The standard InChI is InChI=1S/C68H47NO/c1-67(2)60-33-19-17-29-50(60)52-37-35-48(39-62(52)67)69(49-36-38-53-51-30-18-20-34-61(51)68(63(53)40-49,46-25-11-5-12-26-46)47-27-13-6-14-28-47)64-42-59-58-41-56(44-21-7-3-8-22-44)57(45-23-9-4-10-24-45)43-65(58)70-66(59)55-32-16-15-31-54(55)64/h3-43H,1-2H3. The second-order valence-corrected chi connectivity index (χ2v) is 19.5. The molecule has 0 atom stereocenters. The highest BCUT2D eigenvalue weighted by Gasteiger charge is 2.46. The summed E-state index contributed by atoms with van der Waals surface area (Å²) in [5.41, 5.74) is 21.8. The van der Waals surface area contributed by atoms with Gasteiger partial charge in [0, 0.05) is 38.3 Å². The number of rotatable bonds is 7. The maximum Gasteiger partial charge on any atom is 0.143 e. The molecule has 0 saturated carbocycles. The Hall–Kier alpha value is -8.72. The van der Waals surface area contributed by atoms with Gasteiger partial charge in [0.15, 0.2) is 0 Å². The van der Waals surface area contributed by atoms with Crippen molar-refractivity contribution in [3.8, 4) is 44.5 Å². The van der Waals surface area contributed by atoms with E-state index in [1.807, 2.05) is 0 Å². The molecule has 0 N–H and O–H groups in total. The first-order valence-electron chi connectivity index (χ1n) is 24.4. The lowest BCUT2D eigenvalue weighted by molar-refractivity contribution is 0.660. The SMILES string of the molecule is CC1(C)c2ccccc2-c2ccc(N(c3ccc4c(c3)C(c3ccccc3)(c3ccccc3)c3ccccc3-4)c3cc4c5cc(-c6ccccc6)c(-c6ccccc6)cc5oc4c4ccccc34)cc21. The second-order valence-electron chi connectivity index (χ2n) is 19.5. The normalized spacial score (nSPS) is 13.8. The minimum Gasteiger partial charge on any atom is -0.455 e. The fraction of sp³-hybridized carbons (Fsp3) is 0.0588. The van der Waals surface area contributed by atoms with Crippen molar-refractivity contribution in [3.63, 3.8) is 0 Å². The molecule has 330 valence electrons. The van der Waals surface area contributed by atoms with Crippen molar-refractivity contribution in [1.82, 2.24) is 0 Å². The lowest BCUT2D eigenvalue weighted by Crippen LogP contribution is -2.28. The zero-order valence-electron chi connectivity index (χ0n) is 39.0. The lowest BCUT2D eigenvalue weighted by atomic mass is 9.67. The van der Waals surface area contributed by atoms with Crippen LogP contribution in [0.3, 0.4) is 0 Å². The zero-order valence-corrected chi connectivity index (χ0v) is 39.0. The molecule has 11 aromatic carbocycles. The van der Waals surface area contributed by atoms with Crippen molar-refractivity contribution in [3.05, 3.63) is 282 Å². The van der Waals surface area contributed by atoms with E-state index in [1.54, 1.807) is 0 Å². The molecule has 2 aliphatic carbocycles. The van der Waals surface area contributed by atoms with Gasteiger partial charge in [-0.05, 0) is 120 Å². The number of fused-ring (bicyclic) bond motifs is 11. The number of furan rings is 1. The van der Waals surface area contributed by atoms with Gasteiger partial charge < -0.3 is 9.32 Å². The van der Waals surface area contributed by atoms with Crippen LogP contribution in [0.2, 0.25) is 0 Å². The van der Waals surface area contributed by atoms with Gasteiger partial charge in [0.1, 0.15) is 11.2 Å². The molecule has 0 spiro atoms. The Morgan fingerprint density at radius 3 is 1.43 bits per heavy atom. The van der Waals surface area contributed by atoms with Crippen LogP contribution >= 0.6 is 0 Å². The van der Waals surface area contributed by atoms with Gasteiger partial charge in [-0.15, -0.1) is 0 Å². The third kappa shape index (κ3) is 5.80. The van der Waals surface area contributed by atoms with Crippen molar-refractivity contribution in [2.75, 3.05) is 4.90 Å². The van der Waals surface area contributed by atoms with Crippen LogP contribution in [-0.2, 0) is 10.8 Å². The van der Waals surface area contributed by atoms with Crippen molar-refractivity contribution < 1.29 is 4.42 Å². The monoisotopic (exact) mass is 893 g/mol. The van der Waals surface area contributed by atoms with Crippen LogP contribution in [0.25, 0.3) is 77.2 Å². The first kappa shape index (κ1) is 40.4. The Morgan fingerprint density at radius 1 is 0.329 bits per heavy atom. The van der Waals surface area contributed by atoms with Crippen LogP contribution in [-0.4, -0.2) is 0 Å². The van der Waals surface area contributed by atoms with Gasteiger partial charge >= 0.3 is 0 Å². The third-order valence-electron chi connectivity index (χ3n) is 15.5. The van der Waals surface area contributed by atoms with Crippen LogP contribution < -0.4 is 4.90 Å². The molecule has 14 rings (SSSR count). The molecule has 0 amide bonds.